The van der Waals surface area contributed by atoms with E-state index in [0.717, 1.165) is 60.2 Å². The second-order valence-electron chi connectivity index (χ2n) is 10.2. The number of ketones is 1. The highest BCUT2D eigenvalue weighted by Crippen LogP contribution is 2.50. The van der Waals surface area contributed by atoms with Gasteiger partial charge in [0.2, 0.25) is 0 Å². The highest BCUT2D eigenvalue weighted by Gasteiger charge is 2.43. The standard InChI is InChI=1S/C28H30N2O/c1-17(2)30-11-9-19(10-12-30)20-6-8-24-23(14-20)27(31)26-22-7-5-18(16-29)13-21(22)15-25(26)28(24,3)4/h5-8,13-14,17,19H,9-12,15H2,1-4H3. The molecule has 2 aromatic carbocycles. The molecule has 0 unspecified atom stereocenters. The fourth-order valence-electron chi connectivity index (χ4n) is 5.88. The molecule has 0 aromatic heterocycles. The minimum Gasteiger partial charge on any atom is -0.301 e. The average Bonchev–Trinajstić information content (AvgIpc) is 3.17. The number of piperidine rings is 1. The Bertz CT molecular complexity index is 1150. The van der Waals surface area contributed by atoms with Gasteiger partial charge in [0, 0.05) is 22.6 Å². The molecule has 2 aliphatic carbocycles. The van der Waals surface area contributed by atoms with E-state index in [1.165, 1.54) is 11.1 Å². The van der Waals surface area contributed by atoms with Gasteiger partial charge in [0.1, 0.15) is 0 Å². The molecule has 0 N–H and O–H groups in total. The predicted molar refractivity (Wildman–Crippen MR) is 124 cm³/mol. The summed E-state index contributed by atoms with van der Waals surface area (Å²) >= 11 is 0. The lowest BCUT2D eigenvalue weighted by Gasteiger charge is -2.37. The lowest BCUT2D eigenvalue weighted by Crippen LogP contribution is -2.38. The third-order valence-corrected chi connectivity index (χ3v) is 7.85. The van der Waals surface area contributed by atoms with Gasteiger partial charge in [-0.3, -0.25) is 4.79 Å². The number of benzene rings is 2. The van der Waals surface area contributed by atoms with Crippen molar-refractivity contribution in [3.63, 3.8) is 0 Å². The fraction of sp³-hybridized carbons (Fsp3) is 0.429. The second kappa shape index (κ2) is 7.18. The zero-order valence-corrected chi connectivity index (χ0v) is 19.0. The summed E-state index contributed by atoms with van der Waals surface area (Å²) < 4.78 is 0. The van der Waals surface area contributed by atoms with E-state index in [1.807, 2.05) is 18.2 Å². The van der Waals surface area contributed by atoms with Crippen LogP contribution in [0, 0.1) is 11.3 Å². The Morgan fingerprint density at radius 2 is 1.81 bits per heavy atom. The maximum absolute atomic E-state index is 13.7. The number of hydrogen-bond acceptors (Lipinski definition) is 3. The third-order valence-electron chi connectivity index (χ3n) is 7.85. The number of nitriles is 1. The van der Waals surface area contributed by atoms with E-state index in [9.17, 15) is 10.1 Å². The molecule has 3 heteroatoms. The second-order valence-corrected chi connectivity index (χ2v) is 10.2. The van der Waals surface area contributed by atoms with Gasteiger partial charge < -0.3 is 4.90 Å². The predicted octanol–water partition coefficient (Wildman–Crippen LogP) is 5.63. The molecule has 0 amide bonds. The number of carbonyl (C=O) groups excluding carboxylic acids is 1. The van der Waals surface area contributed by atoms with E-state index in [-0.39, 0.29) is 11.2 Å². The molecule has 0 atom stereocenters. The first-order chi connectivity index (χ1) is 14.8. The molecule has 3 nitrogen and oxygen atoms in total. The van der Waals surface area contributed by atoms with Crippen molar-refractivity contribution in [1.82, 2.24) is 4.90 Å². The van der Waals surface area contributed by atoms with E-state index in [4.69, 9.17) is 0 Å². The summed E-state index contributed by atoms with van der Waals surface area (Å²) in [5.74, 6) is 0.690. The molecule has 0 spiro atoms. The molecule has 1 fully saturated rings. The molecule has 31 heavy (non-hydrogen) atoms. The summed E-state index contributed by atoms with van der Waals surface area (Å²) in [6.45, 7) is 11.3. The molecular formula is C28H30N2O. The monoisotopic (exact) mass is 410 g/mol. The van der Waals surface area contributed by atoms with Crippen LogP contribution in [0.1, 0.15) is 84.6 Å². The van der Waals surface area contributed by atoms with Gasteiger partial charge in [-0.1, -0.05) is 32.0 Å². The normalized spacial score (nSPS) is 20.5. The first kappa shape index (κ1) is 20.2. The van der Waals surface area contributed by atoms with Crippen molar-refractivity contribution in [2.24, 2.45) is 0 Å². The van der Waals surface area contributed by atoms with Crippen molar-refractivity contribution in [3.8, 4) is 6.07 Å². The molecular weight excluding hydrogens is 380 g/mol. The van der Waals surface area contributed by atoms with Crippen molar-refractivity contribution in [1.29, 1.82) is 5.26 Å². The molecule has 1 heterocycles. The highest BCUT2D eigenvalue weighted by molar-refractivity contribution is 6.33. The minimum absolute atomic E-state index is 0.161. The van der Waals surface area contributed by atoms with Crippen molar-refractivity contribution >= 4 is 11.4 Å². The molecule has 2 aromatic rings. The Balaban J connectivity index is 1.52. The van der Waals surface area contributed by atoms with Crippen molar-refractivity contribution < 1.29 is 4.79 Å². The van der Waals surface area contributed by atoms with E-state index in [2.05, 4.69) is 56.9 Å². The number of fused-ring (bicyclic) bond motifs is 3. The topological polar surface area (TPSA) is 44.1 Å². The number of carbonyl (C=O) groups is 1. The largest absolute Gasteiger partial charge is 0.301 e. The van der Waals surface area contributed by atoms with Crippen LogP contribution in [-0.4, -0.2) is 29.8 Å². The van der Waals surface area contributed by atoms with Crippen LogP contribution < -0.4 is 0 Å². The SMILES string of the molecule is CC(C)N1CCC(c2ccc3c(c2)C(=O)C2=C(Cc4cc(C#N)ccc42)C3(C)C)CC1. The van der Waals surface area contributed by atoms with Crippen molar-refractivity contribution in [2.45, 2.75) is 64.3 Å². The summed E-state index contributed by atoms with van der Waals surface area (Å²) in [7, 11) is 0. The molecule has 0 saturated carbocycles. The fourth-order valence-corrected chi connectivity index (χ4v) is 5.88. The summed E-state index contributed by atoms with van der Waals surface area (Å²) in [4.78, 5) is 16.3. The molecule has 158 valence electrons. The van der Waals surface area contributed by atoms with Crippen LogP contribution in [0.3, 0.4) is 0 Å². The van der Waals surface area contributed by atoms with Gasteiger partial charge in [0.25, 0.3) is 0 Å². The lowest BCUT2D eigenvalue weighted by atomic mass is 9.67. The number of Topliss-reactive ketones (excluding diaryl/α,β-unsaturated/α-hetero) is 1. The summed E-state index contributed by atoms with van der Waals surface area (Å²) in [5.41, 5.74) is 8.02. The number of allylic oxidation sites excluding steroid dienone is 2. The van der Waals surface area contributed by atoms with Gasteiger partial charge in [0.05, 0.1) is 11.6 Å². The first-order valence-electron chi connectivity index (χ1n) is 11.5. The van der Waals surface area contributed by atoms with Gasteiger partial charge in [-0.2, -0.15) is 5.26 Å². The highest BCUT2D eigenvalue weighted by atomic mass is 16.1. The number of hydrogen-bond donors (Lipinski definition) is 0. The molecule has 5 rings (SSSR count). The van der Waals surface area contributed by atoms with Crippen molar-refractivity contribution in [3.05, 3.63) is 75.4 Å². The Morgan fingerprint density at radius 1 is 1.06 bits per heavy atom. The minimum atomic E-state index is -0.191. The molecule has 1 saturated heterocycles. The van der Waals surface area contributed by atoms with Gasteiger partial charge in [-0.05, 0) is 98.1 Å². The van der Waals surface area contributed by atoms with Crippen LogP contribution in [0.4, 0.5) is 0 Å². The summed E-state index contributed by atoms with van der Waals surface area (Å²) in [6.07, 6.45) is 3.07. The molecule has 1 aliphatic heterocycles. The smallest absolute Gasteiger partial charge is 0.193 e. The zero-order chi connectivity index (χ0) is 21.9. The van der Waals surface area contributed by atoms with Crippen LogP contribution >= 0.6 is 0 Å². The van der Waals surface area contributed by atoms with E-state index in [0.29, 0.717) is 17.5 Å². The maximum atomic E-state index is 13.7. The third kappa shape index (κ3) is 3.08. The van der Waals surface area contributed by atoms with E-state index >= 15 is 0 Å². The molecule has 0 radical (unpaired) electrons. The van der Waals surface area contributed by atoms with Crippen LogP contribution in [0.2, 0.25) is 0 Å². The van der Waals surface area contributed by atoms with Crippen LogP contribution in [0.5, 0.6) is 0 Å². The Morgan fingerprint density at radius 3 is 2.48 bits per heavy atom. The van der Waals surface area contributed by atoms with Crippen LogP contribution in [-0.2, 0) is 11.8 Å². The Labute approximate surface area is 185 Å². The van der Waals surface area contributed by atoms with Gasteiger partial charge in [-0.15, -0.1) is 0 Å². The van der Waals surface area contributed by atoms with Gasteiger partial charge in [0.15, 0.2) is 5.78 Å². The Hall–Kier alpha value is -2.70. The van der Waals surface area contributed by atoms with E-state index < -0.39 is 0 Å². The lowest BCUT2D eigenvalue weighted by molar-refractivity contribution is 0.105. The number of nitrogens with zero attached hydrogens (tertiary/aromatic N) is 2. The summed E-state index contributed by atoms with van der Waals surface area (Å²) in [6, 6.07) is 15.3. The number of rotatable bonds is 2. The maximum Gasteiger partial charge on any atom is 0.193 e. The molecule has 0 bridgehead atoms. The van der Waals surface area contributed by atoms with E-state index in [1.54, 1.807) is 0 Å². The quantitative estimate of drug-likeness (QED) is 0.644. The zero-order valence-electron chi connectivity index (χ0n) is 19.0. The molecule has 3 aliphatic rings. The van der Waals surface area contributed by atoms with Gasteiger partial charge >= 0.3 is 0 Å². The average molecular weight is 411 g/mol. The van der Waals surface area contributed by atoms with Crippen LogP contribution in [0.15, 0.2) is 42.0 Å². The first-order valence-corrected chi connectivity index (χ1v) is 11.5. The van der Waals surface area contributed by atoms with Crippen LogP contribution in [0.25, 0.3) is 5.57 Å². The number of likely N-dealkylation sites (tertiary alicyclic amines) is 1. The summed E-state index contributed by atoms with van der Waals surface area (Å²) in [5, 5.41) is 9.29. The van der Waals surface area contributed by atoms with Gasteiger partial charge in [-0.25, -0.2) is 0 Å². The van der Waals surface area contributed by atoms with Crippen molar-refractivity contribution in [2.75, 3.05) is 13.1 Å². The Kier molecular flexibility index (Phi) is 4.68.